The van der Waals surface area contributed by atoms with Crippen molar-refractivity contribution in [2.24, 2.45) is 0 Å². The fourth-order valence-corrected chi connectivity index (χ4v) is 1.56. The van der Waals surface area contributed by atoms with Crippen LogP contribution in [-0.4, -0.2) is 30.5 Å². The van der Waals surface area contributed by atoms with Gasteiger partial charge in [-0.05, 0) is 6.92 Å². The predicted octanol–water partition coefficient (Wildman–Crippen LogP) is 1.48. The average Bonchev–Trinajstić information content (AvgIpc) is 2.51. The van der Waals surface area contributed by atoms with Crippen LogP contribution in [0.2, 0.25) is 0 Å². The highest BCUT2D eigenvalue weighted by atomic mass is 16.6. The predicted molar refractivity (Wildman–Crippen MR) is 77.8 cm³/mol. The van der Waals surface area contributed by atoms with Gasteiger partial charge in [-0.25, -0.2) is 14.4 Å². The van der Waals surface area contributed by atoms with E-state index in [1.807, 2.05) is 0 Å². The summed E-state index contributed by atoms with van der Waals surface area (Å²) in [5.74, 6) is -3.52. The van der Waals surface area contributed by atoms with Gasteiger partial charge in [-0.15, -0.1) is 0 Å². The van der Waals surface area contributed by atoms with Crippen molar-refractivity contribution in [3.63, 3.8) is 0 Å². The van der Waals surface area contributed by atoms with Gasteiger partial charge in [0, 0.05) is 24.6 Å². The zero-order valence-corrected chi connectivity index (χ0v) is 12.7. The van der Waals surface area contributed by atoms with Gasteiger partial charge in [-0.2, -0.15) is 0 Å². The third kappa shape index (κ3) is 6.56. The van der Waals surface area contributed by atoms with Crippen LogP contribution in [0.4, 0.5) is 0 Å². The maximum atomic E-state index is 11.9. The molecule has 1 aromatic rings. The number of carbonyl (C=O) groups excluding carboxylic acids is 4. The number of benzene rings is 1. The van der Waals surface area contributed by atoms with Gasteiger partial charge in [0.2, 0.25) is 6.10 Å². The summed E-state index contributed by atoms with van der Waals surface area (Å²) in [6.45, 7) is 2.84. The van der Waals surface area contributed by atoms with E-state index in [2.05, 4.69) is 9.47 Å². The summed E-state index contributed by atoms with van der Waals surface area (Å²) < 4.78 is 14.0. The topological polar surface area (TPSA) is 96.0 Å². The molecule has 1 unspecified atom stereocenters. The first-order valence-corrected chi connectivity index (χ1v) is 6.76. The van der Waals surface area contributed by atoms with E-state index in [1.165, 1.54) is 12.1 Å². The molecule has 1 rings (SSSR count). The number of carbonyl (C=O) groups is 4. The second kappa shape index (κ2) is 9.14. The smallest absolute Gasteiger partial charge is 0.359 e. The van der Waals surface area contributed by atoms with Gasteiger partial charge in [0.15, 0.2) is 0 Å². The molecule has 0 aliphatic rings. The van der Waals surface area contributed by atoms with E-state index < -0.39 is 30.0 Å². The molecule has 0 bridgehead atoms. The van der Waals surface area contributed by atoms with Crippen LogP contribution in [0.3, 0.4) is 0 Å². The van der Waals surface area contributed by atoms with Crippen molar-refractivity contribution < 1.29 is 33.4 Å². The Morgan fingerprint density at radius 2 is 1.65 bits per heavy atom. The van der Waals surface area contributed by atoms with Gasteiger partial charge < -0.3 is 14.2 Å². The van der Waals surface area contributed by atoms with Crippen LogP contribution < -0.4 is 0 Å². The molecule has 1 aromatic carbocycles. The zero-order valence-electron chi connectivity index (χ0n) is 12.7. The van der Waals surface area contributed by atoms with Gasteiger partial charge in [0.1, 0.15) is 0 Å². The highest BCUT2D eigenvalue weighted by Gasteiger charge is 2.27. The van der Waals surface area contributed by atoms with E-state index in [9.17, 15) is 19.2 Å². The third-order valence-electron chi connectivity index (χ3n) is 2.44. The standard InChI is InChI=1S/C16H16O7/c1-3-21-13(18)9-10-14(19)23-15(16(20)22-11(2)17)12-7-5-4-6-8-12/h4-10,15H,3H2,1-2H3/b10-9+. The Hall–Kier alpha value is -2.96. The van der Waals surface area contributed by atoms with Crippen molar-refractivity contribution in [2.75, 3.05) is 6.61 Å². The maximum absolute atomic E-state index is 11.9. The monoisotopic (exact) mass is 320 g/mol. The summed E-state index contributed by atoms with van der Waals surface area (Å²) in [6, 6.07) is 8.04. The van der Waals surface area contributed by atoms with Crippen LogP contribution >= 0.6 is 0 Å². The SMILES string of the molecule is CCOC(=O)/C=C/C(=O)OC(C(=O)OC(C)=O)c1ccccc1. The zero-order chi connectivity index (χ0) is 17.2. The normalized spacial score (nSPS) is 11.6. The molecule has 0 aliphatic carbocycles. The lowest BCUT2D eigenvalue weighted by Gasteiger charge is -2.15. The third-order valence-corrected chi connectivity index (χ3v) is 2.44. The lowest BCUT2D eigenvalue weighted by molar-refractivity contribution is -0.171. The number of hydrogen-bond acceptors (Lipinski definition) is 7. The average molecular weight is 320 g/mol. The Bertz CT molecular complexity index is 604. The van der Waals surface area contributed by atoms with E-state index >= 15 is 0 Å². The highest BCUT2D eigenvalue weighted by molar-refractivity contribution is 5.94. The van der Waals surface area contributed by atoms with Crippen LogP contribution in [0, 0.1) is 0 Å². The molecule has 7 nitrogen and oxygen atoms in total. The summed E-state index contributed by atoms with van der Waals surface area (Å²) >= 11 is 0. The van der Waals surface area contributed by atoms with Crippen molar-refractivity contribution in [1.29, 1.82) is 0 Å². The number of hydrogen-bond donors (Lipinski definition) is 0. The van der Waals surface area contributed by atoms with Crippen LogP contribution in [0.5, 0.6) is 0 Å². The van der Waals surface area contributed by atoms with Gasteiger partial charge in [-0.3, -0.25) is 4.79 Å². The molecule has 0 spiro atoms. The molecule has 0 N–H and O–H groups in total. The minimum Gasteiger partial charge on any atom is -0.463 e. The quantitative estimate of drug-likeness (QED) is 0.339. The first-order valence-electron chi connectivity index (χ1n) is 6.76. The first-order chi connectivity index (χ1) is 10.9. The molecule has 7 heteroatoms. The summed E-state index contributed by atoms with van der Waals surface area (Å²) in [6.07, 6.45) is 0.290. The Morgan fingerprint density at radius 1 is 1.04 bits per heavy atom. The molecule has 0 saturated heterocycles. The molecule has 0 saturated carbocycles. The number of ether oxygens (including phenoxy) is 3. The Morgan fingerprint density at radius 3 is 2.22 bits per heavy atom. The number of rotatable bonds is 6. The largest absolute Gasteiger partial charge is 0.463 e. The van der Waals surface area contributed by atoms with E-state index in [4.69, 9.17) is 4.74 Å². The molecule has 0 amide bonds. The molecular weight excluding hydrogens is 304 g/mol. The lowest BCUT2D eigenvalue weighted by atomic mass is 10.1. The second-order valence-corrected chi connectivity index (χ2v) is 4.23. The number of esters is 4. The van der Waals surface area contributed by atoms with Crippen molar-refractivity contribution in [3.8, 4) is 0 Å². The van der Waals surface area contributed by atoms with Crippen molar-refractivity contribution >= 4 is 23.9 Å². The van der Waals surface area contributed by atoms with Crippen LogP contribution in [-0.2, 0) is 33.4 Å². The molecule has 0 fully saturated rings. The maximum Gasteiger partial charge on any atom is 0.359 e. The molecule has 0 heterocycles. The summed E-state index contributed by atoms with van der Waals surface area (Å²) in [5, 5.41) is 0. The van der Waals surface area contributed by atoms with Crippen molar-refractivity contribution in [1.82, 2.24) is 0 Å². The Balaban J connectivity index is 2.85. The summed E-state index contributed by atoms with van der Waals surface area (Å²) in [5.41, 5.74) is 0.330. The van der Waals surface area contributed by atoms with Gasteiger partial charge in [0.05, 0.1) is 6.61 Å². The van der Waals surface area contributed by atoms with E-state index in [1.54, 1.807) is 25.1 Å². The van der Waals surface area contributed by atoms with Crippen LogP contribution in [0.25, 0.3) is 0 Å². The van der Waals surface area contributed by atoms with Crippen LogP contribution in [0.15, 0.2) is 42.5 Å². The van der Waals surface area contributed by atoms with Gasteiger partial charge in [-0.1, -0.05) is 30.3 Å². The van der Waals surface area contributed by atoms with E-state index in [0.29, 0.717) is 5.56 Å². The molecule has 23 heavy (non-hydrogen) atoms. The van der Waals surface area contributed by atoms with Crippen LogP contribution in [0.1, 0.15) is 25.5 Å². The summed E-state index contributed by atoms with van der Waals surface area (Å²) in [7, 11) is 0. The molecular formula is C16H16O7. The van der Waals surface area contributed by atoms with E-state index in [0.717, 1.165) is 19.1 Å². The van der Waals surface area contributed by atoms with Crippen molar-refractivity contribution in [2.45, 2.75) is 20.0 Å². The first kappa shape index (κ1) is 18.1. The van der Waals surface area contributed by atoms with E-state index in [-0.39, 0.29) is 6.61 Å². The van der Waals surface area contributed by atoms with Gasteiger partial charge >= 0.3 is 23.9 Å². The minimum atomic E-state index is -1.42. The van der Waals surface area contributed by atoms with Crippen molar-refractivity contribution in [3.05, 3.63) is 48.0 Å². The fourth-order valence-electron chi connectivity index (χ4n) is 1.56. The minimum absolute atomic E-state index is 0.162. The van der Waals surface area contributed by atoms with Gasteiger partial charge in [0.25, 0.3) is 0 Å². The molecule has 0 radical (unpaired) electrons. The highest BCUT2D eigenvalue weighted by Crippen LogP contribution is 2.19. The molecule has 122 valence electrons. The summed E-state index contributed by atoms with van der Waals surface area (Å²) in [4.78, 5) is 45.6. The molecule has 0 aromatic heterocycles. The lowest BCUT2D eigenvalue weighted by Crippen LogP contribution is -2.23. The second-order valence-electron chi connectivity index (χ2n) is 4.23. The fraction of sp³-hybridized carbons (Fsp3) is 0.250. The molecule has 0 aliphatic heterocycles. The Labute approximate surface area is 132 Å². The Kier molecular flexibility index (Phi) is 7.19. The molecule has 1 atom stereocenters.